The monoisotopic (exact) mass is 167 g/mol. The largest absolute Gasteiger partial charge is 0.392 e. The van der Waals surface area contributed by atoms with Gasteiger partial charge in [-0.15, -0.1) is 23.2 Å². The molecule has 0 spiro atoms. The zero-order valence-corrected chi connectivity index (χ0v) is 6.39. The molecule has 0 saturated heterocycles. The number of alkyl halides is 2. The molecule has 0 aromatic heterocycles. The molecule has 0 bridgehead atoms. The van der Waals surface area contributed by atoms with E-state index in [1.54, 1.807) is 6.07 Å². The van der Waals surface area contributed by atoms with Crippen molar-refractivity contribution < 1.29 is 5.11 Å². The molecule has 0 rings (SSSR count). The molecule has 4 heteroatoms. The Morgan fingerprint density at radius 3 is 2.00 bits per heavy atom. The van der Waals surface area contributed by atoms with Crippen molar-refractivity contribution in [1.82, 2.24) is 0 Å². The molecule has 2 nitrogen and oxygen atoms in total. The lowest BCUT2D eigenvalue weighted by atomic mass is 10.1. The van der Waals surface area contributed by atoms with Crippen LogP contribution < -0.4 is 0 Å². The SMILES string of the molecule is CC(O)C(C#N)C(Cl)Cl. The highest BCUT2D eigenvalue weighted by Gasteiger charge is 2.21. The summed E-state index contributed by atoms with van der Waals surface area (Å²) >= 11 is 10.6. The Bertz CT molecular complexity index is 111. The molecule has 0 fully saturated rings. The fourth-order valence-corrected chi connectivity index (χ4v) is 0.909. The minimum Gasteiger partial charge on any atom is -0.392 e. The summed E-state index contributed by atoms with van der Waals surface area (Å²) in [5.41, 5.74) is 0. The number of rotatable bonds is 2. The molecule has 0 aliphatic carbocycles. The summed E-state index contributed by atoms with van der Waals surface area (Å²) in [6.07, 6.45) is -0.769. The molecule has 0 aliphatic heterocycles. The quantitative estimate of drug-likeness (QED) is 0.631. The molecule has 52 valence electrons. The van der Waals surface area contributed by atoms with Crippen molar-refractivity contribution in [2.75, 3.05) is 0 Å². The molecule has 0 saturated carbocycles. The molecule has 0 radical (unpaired) electrons. The normalized spacial score (nSPS) is 16.9. The number of aliphatic hydroxyl groups excluding tert-OH is 1. The first-order valence-electron chi connectivity index (χ1n) is 2.45. The van der Waals surface area contributed by atoms with Crippen molar-refractivity contribution in [1.29, 1.82) is 5.26 Å². The first-order valence-corrected chi connectivity index (χ1v) is 3.32. The molecular weight excluding hydrogens is 161 g/mol. The molecule has 0 amide bonds. The standard InChI is InChI=1S/C5H7Cl2NO/c1-3(9)4(2-8)5(6)7/h3-5,9H,1H3. The predicted molar refractivity (Wildman–Crippen MR) is 36.3 cm³/mol. The molecule has 0 aliphatic rings. The van der Waals surface area contributed by atoms with E-state index >= 15 is 0 Å². The Labute approximate surface area is 64.0 Å². The lowest BCUT2D eigenvalue weighted by molar-refractivity contribution is 0.158. The highest BCUT2D eigenvalue weighted by atomic mass is 35.5. The van der Waals surface area contributed by atoms with Gasteiger partial charge in [0, 0.05) is 0 Å². The average Bonchev–Trinajstić information content (AvgIpc) is 1.64. The maximum atomic E-state index is 8.79. The summed E-state index contributed by atoms with van der Waals surface area (Å²) in [5, 5.41) is 17.1. The summed E-state index contributed by atoms with van der Waals surface area (Å²) in [5.74, 6) is -0.687. The maximum absolute atomic E-state index is 8.79. The van der Waals surface area contributed by atoms with Gasteiger partial charge >= 0.3 is 0 Å². The second-order valence-electron chi connectivity index (χ2n) is 1.73. The van der Waals surface area contributed by atoms with E-state index in [9.17, 15) is 0 Å². The van der Waals surface area contributed by atoms with Crippen LogP contribution in [0.2, 0.25) is 0 Å². The van der Waals surface area contributed by atoms with Crippen LogP contribution in [0.4, 0.5) is 0 Å². The maximum Gasteiger partial charge on any atom is 0.126 e. The fraction of sp³-hybridized carbons (Fsp3) is 0.800. The van der Waals surface area contributed by atoms with E-state index in [1.165, 1.54) is 6.92 Å². The third-order valence-electron chi connectivity index (χ3n) is 0.940. The van der Waals surface area contributed by atoms with E-state index in [0.717, 1.165) is 0 Å². The lowest BCUT2D eigenvalue weighted by Gasteiger charge is -2.11. The smallest absolute Gasteiger partial charge is 0.126 e. The number of nitriles is 1. The first-order chi connectivity index (χ1) is 4.09. The summed E-state index contributed by atoms with van der Waals surface area (Å²) in [7, 11) is 0. The number of aliphatic hydroxyl groups is 1. The van der Waals surface area contributed by atoms with Crippen LogP contribution in [-0.4, -0.2) is 16.0 Å². The van der Waals surface area contributed by atoms with Gasteiger partial charge in [-0.3, -0.25) is 0 Å². The number of hydrogen-bond donors (Lipinski definition) is 1. The molecule has 9 heavy (non-hydrogen) atoms. The highest BCUT2D eigenvalue weighted by molar-refractivity contribution is 6.44. The Kier molecular flexibility index (Phi) is 3.96. The predicted octanol–water partition coefficient (Wildman–Crippen LogP) is 1.31. The van der Waals surface area contributed by atoms with E-state index < -0.39 is 16.9 Å². The van der Waals surface area contributed by atoms with Gasteiger partial charge in [-0.25, -0.2) is 0 Å². The van der Waals surface area contributed by atoms with Crippen LogP contribution in [0.5, 0.6) is 0 Å². The summed E-state index contributed by atoms with van der Waals surface area (Å²) in [6, 6.07) is 1.79. The van der Waals surface area contributed by atoms with Gasteiger partial charge in [0.2, 0.25) is 0 Å². The highest BCUT2D eigenvalue weighted by Crippen LogP contribution is 2.17. The van der Waals surface area contributed by atoms with Gasteiger partial charge in [-0.1, -0.05) is 0 Å². The van der Waals surface area contributed by atoms with Gasteiger partial charge in [-0.2, -0.15) is 5.26 Å². The number of halogens is 2. The van der Waals surface area contributed by atoms with Gasteiger partial charge in [0.25, 0.3) is 0 Å². The Hall–Kier alpha value is 0.0300. The third-order valence-corrected chi connectivity index (χ3v) is 1.48. The Morgan fingerprint density at radius 2 is 2.00 bits per heavy atom. The molecule has 0 heterocycles. The number of nitrogens with zero attached hydrogens (tertiary/aromatic N) is 1. The minimum absolute atomic E-state index is 0.687. The second kappa shape index (κ2) is 3.94. The van der Waals surface area contributed by atoms with E-state index in [4.69, 9.17) is 33.6 Å². The van der Waals surface area contributed by atoms with Crippen LogP contribution >= 0.6 is 23.2 Å². The van der Waals surface area contributed by atoms with Crippen molar-refractivity contribution in [2.45, 2.75) is 17.9 Å². The average molecular weight is 168 g/mol. The Balaban J connectivity index is 3.87. The van der Waals surface area contributed by atoms with Crippen LogP contribution in [0, 0.1) is 17.2 Å². The van der Waals surface area contributed by atoms with Gasteiger partial charge in [0.15, 0.2) is 0 Å². The van der Waals surface area contributed by atoms with E-state index in [2.05, 4.69) is 0 Å². The topological polar surface area (TPSA) is 44.0 Å². The molecule has 2 unspecified atom stereocenters. The zero-order chi connectivity index (χ0) is 7.44. The van der Waals surface area contributed by atoms with Crippen LogP contribution in [0.1, 0.15) is 6.92 Å². The van der Waals surface area contributed by atoms with Crippen molar-refractivity contribution >= 4 is 23.2 Å². The second-order valence-corrected chi connectivity index (χ2v) is 2.89. The van der Waals surface area contributed by atoms with Gasteiger partial charge in [0.05, 0.1) is 12.2 Å². The first kappa shape index (κ1) is 9.03. The van der Waals surface area contributed by atoms with Crippen LogP contribution in [-0.2, 0) is 0 Å². The van der Waals surface area contributed by atoms with E-state index in [-0.39, 0.29) is 0 Å². The van der Waals surface area contributed by atoms with Gasteiger partial charge < -0.3 is 5.11 Å². The summed E-state index contributed by atoms with van der Waals surface area (Å²) in [6.45, 7) is 1.48. The van der Waals surface area contributed by atoms with Crippen molar-refractivity contribution in [3.05, 3.63) is 0 Å². The van der Waals surface area contributed by atoms with Crippen molar-refractivity contribution in [3.8, 4) is 6.07 Å². The van der Waals surface area contributed by atoms with Crippen LogP contribution in [0.15, 0.2) is 0 Å². The molecule has 2 atom stereocenters. The van der Waals surface area contributed by atoms with Crippen molar-refractivity contribution in [2.24, 2.45) is 5.92 Å². The lowest BCUT2D eigenvalue weighted by Crippen LogP contribution is -2.20. The van der Waals surface area contributed by atoms with Crippen molar-refractivity contribution in [3.63, 3.8) is 0 Å². The molecule has 1 N–H and O–H groups in total. The minimum atomic E-state index is -0.810. The van der Waals surface area contributed by atoms with E-state index in [1.807, 2.05) is 0 Å². The summed E-state index contributed by atoms with van der Waals surface area (Å²) < 4.78 is 0. The zero-order valence-electron chi connectivity index (χ0n) is 4.88. The summed E-state index contributed by atoms with van der Waals surface area (Å²) in [4.78, 5) is -0.810. The fourth-order valence-electron chi connectivity index (χ4n) is 0.375. The third kappa shape index (κ3) is 2.90. The van der Waals surface area contributed by atoms with Gasteiger partial charge in [-0.05, 0) is 6.92 Å². The molecule has 0 aromatic rings. The van der Waals surface area contributed by atoms with Crippen LogP contribution in [0.3, 0.4) is 0 Å². The van der Waals surface area contributed by atoms with Crippen LogP contribution in [0.25, 0.3) is 0 Å². The van der Waals surface area contributed by atoms with E-state index in [0.29, 0.717) is 0 Å². The number of hydrogen-bond acceptors (Lipinski definition) is 2. The Morgan fingerprint density at radius 1 is 1.56 bits per heavy atom. The molecule has 0 aromatic carbocycles. The molecular formula is C5H7Cl2NO. The van der Waals surface area contributed by atoms with Gasteiger partial charge in [0.1, 0.15) is 10.8 Å².